The molecule has 0 radical (unpaired) electrons. The predicted octanol–water partition coefficient (Wildman–Crippen LogP) is 1.86. The standard InChI is InChI=1S/C15H21N5O/c1-2-21-14-6-10-19-15(20-14)18-9-4-8-17-12-13-5-3-7-16-11-13/h3,5-7,10-11,17H,2,4,8-9,12H2,1H3,(H,18,19,20). The highest BCUT2D eigenvalue weighted by atomic mass is 16.5. The van der Waals surface area contributed by atoms with Crippen LogP contribution >= 0.6 is 0 Å². The molecule has 2 heterocycles. The van der Waals surface area contributed by atoms with E-state index >= 15 is 0 Å². The molecule has 2 rings (SSSR count). The summed E-state index contributed by atoms with van der Waals surface area (Å²) < 4.78 is 5.33. The number of pyridine rings is 1. The van der Waals surface area contributed by atoms with Crippen LogP contribution in [0.3, 0.4) is 0 Å². The third kappa shape index (κ3) is 5.74. The van der Waals surface area contributed by atoms with Crippen molar-refractivity contribution in [1.29, 1.82) is 0 Å². The summed E-state index contributed by atoms with van der Waals surface area (Å²) in [4.78, 5) is 12.5. The number of hydrogen-bond donors (Lipinski definition) is 2. The number of anilines is 1. The summed E-state index contributed by atoms with van der Waals surface area (Å²) in [5.74, 6) is 1.21. The smallest absolute Gasteiger partial charge is 0.225 e. The molecule has 0 aliphatic heterocycles. The van der Waals surface area contributed by atoms with Gasteiger partial charge >= 0.3 is 0 Å². The fraction of sp³-hybridized carbons (Fsp3) is 0.400. The van der Waals surface area contributed by atoms with Crippen LogP contribution in [0.5, 0.6) is 5.88 Å². The van der Waals surface area contributed by atoms with Gasteiger partial charge in [-0.05, 0) is 31.5 Å². The summed E-state index contributed by atoms with van der Waals surface area (Å²) in [7, 11) is 0. The number of nitrogens with zero attached hydrogens (tertiary/aromatic N) is 3. The Hall–Kier alpha value is -2.21. The van der Waals surface area contributed by atoms with Gasteiger partial charge < -0.3 is 15.4 Å². The number of aromatic nitrogens is 3. The van der Waals surface area contributed by atoms with Gasteiger partial charge in [-0.15, -0.1) is 0 Å². The van der Waals surface area contributed by atoms with E-state index in [1.807, 2.05) is 19.2 Å². The van der Waals surface area contributed by atoms with Gasteiger partial charge in [-0.2, -0.15) is 4.98 Å². The Balaban J connectivity index is 1.60. The lowest BCUT2D eigenvalue weighted by Crippen LogP contribution is -2.18. The molecule has 0 unspecified atom stereocenters. The second-order valence-corrected chi connectivity index (χ2v) is 4.47. The maximum atomic E-state index is 5.33. The van der Waals surface area contributed by atoms with Crippen molar-refractivity contribution >= 4 is 5.95 Å². The second-order valence-electron chi connectivity index (χ2n) is 4.47. The molecule has 0 atom stereocenters. The number of ether oxygens (including phenoxy) is 1. The van der Waals surface area contributed by atoms with E-state index < -0.39 is 0 Å². The molecule has 2 aromatic heterocycles. The zero-order chi connectivity index (χ0) is 14.8. The minimum absolute atomic E-state index is 0.602. The minimum Gasteiger partial charge on any atom is -0.478 e. The Labute approximate surface area is 125 Å². The third-order valence-electron chi connectivity index (χ3n) is 2.79. The highest BCUT2D eigenvalue weighted by Gasteiger charge is 1.98. The van der Waals surface area contributed by atoms with Gasteiger partial charge in [0.1, 0.15) is 0 Å². The molecule has 0 bridgehead atoms. The Kier molecular flexibility index (Phi) is 6.41. The average Bonchev–Trinajstić information content (AvgIpc) is 2.52. The molecule has 0 saturated carbocycles. The summed E-state index contributed by atoms with van der Waals surface area (Å²) in [6, 6.07) is 5.76. The molecule has 0 amide bonds. The maximum Gasteiger partial charge on any atom is 0.225 e. The van der Waals surface area contributed by atoms with Crippen LogP contribution in [0.25, 0.3) is 0 Å². The fourth-order valence-electron chi connectivity index (χ4n) is 1.80. The van der Waals surface area contributed by atoms with E-state index in [9.17, 15) is 0 Å². The summed E-state index contributed by atoms with van der Waals surface area (Å²) in [6.07, 6.45) is 6.34. The van der Waals surface area contributed by atoms with Crippen molar-refractivity contribution in [2.45, 2.75) is 19.9 Å². The van der Waals surface area contributed by atoms with E-state index in [-0.39, 0.29) is 0 Å². The van der Waals surface area contributed by atoms with Gasteiger partial charge in [0.25, 0.3) is 0 Å². The van der Waals surface area contributed by atoms with Crippen molar-refractivity contribution in [1.82, 2.24) is 20.3 Å². The van der Waals surface area contributed by atoms with Gasteiger partial charge in [0.05, 0.1) is 6.61 Å². The average molecular weight is 287 g/mol. The zero-order valence-corrected chi connectivity index (χ0v) is 12.2. The molecule has 6 heteroatoms. The SMILES string of the molecule is CCOc1ccnc(NCCCNCc2cccnc2)n1. The summed E-state index contributed by atoms with van der Waals surface area (Å²) in [5.41, 5.74) is 1.19. The van der Waals surface area contributed by atoms with E-state index in [1.165, 1.54) is 5.56 Å². The Morgan fingerprint density at radius 1 is 1.19 bits per heavy atom. The topological polar surface area (TPSA) is 72.0 Å². The van der Waals surface area contributed by atoms with E-state index in [0.717, 1.165) is 26.1 Å². The van der Waals surface area contributed by atoms with Gasteiger partial charge in [-0.1, -0.05) is 6.07 Å². The molecule has 2 aromatic rings. The van der Waals surface area contributed by atoms with Gasteiger partial charge in [-0.3, -0.25) is 4.98 Å². The van der Waals surface area contributed by atoms with Crippen LogP contribution in [0, 0.1) is 0 Å². The fourth-order valence-corrected chi connectivity index (χ4v) is 1.80. The first kappa shape index (κ1) is 15.2. The molecule has 112 valence electrons. The predicted molar refractivity (Wildman–Crippen MR) is 82.3 cm³/mol. The quantitative estimate of drug-likeness (QED) is 0.686. The molecule has 0 spiro atoms. The molecule has 2 N–H and O–H groups in total. The van der Waals surface area contributed by atoms with E-state index in [1.54, 1.807) is 18.5 Å². The first-order chi connectivity index (χ1) is 10.4. The van der Waals surface area contributed by atoms with E-state index in [0.29, 0.717) is 18.4 Å². The minimum atomic E-state index is 0.602. The van der Waals surface area contributed by atoms with Crippen LogP contribution in [-0.2, 0) is 6.54 Å². The van der Waals surface area contributed by atoms with E-state index in [4.69, 9.17) is 4.74 Å². The largest absolute Gasteiger partial charge is 0.478 e. The van der Waals surface area contributed by atoms with E-state index in [2.05, 4.69) is 31.7 Å². The highest BCUT2D eigenvalue weighted by molar-refractivity contribution is 5.27. The second kappa shape index (κ2) is 8.86. The van der Waals surface area contributed by atoms with Crippen molar-refractivity contribution in [3.05, 3.63) is 42.4 Å². The van der Waals surface area contributed by atoms with Gasteiger partial charge in [0.15, 0.2) is 0 Å². The molecule has 0 aromatic carbocycles. The van der Waals surface area contributed by atoms with Gasteiger partial charge in [0, 0.05) is 37.7 Å². The van der Waals surface area contributed by atoms with Crippen molar-refractivity contribution < 1.29 is 4.74 Å². The first-order valence-electron chi connectivity index (χ1n) is 7.18. The molecule has 0 aliphatic rings. The van der Waals surface area contributed by atoms with Crippen LogP contribution in [0.15, 0.2) is 36.8 Å². The summed E-state index contributed by atoms with van der Waals surface area (Å²) >= 11 is 0. The van der Waals surface area contributed by atoms with Crippen molar-refractivity contribution in [3.63, 3.8) is 0 Å². The third-order valence-corrected chi connectivity index (χ3v) is 2.79. The van der Waals surface area contributed by atoms with Gasteiger partial charge in [-0.25, -0.2) is 4.98 Å². The van der Waals surface area contributed by atoms with Crippen LogP contribution in [0.4, 0.5) is 5.95 Å². The molecule has 6 nitrogen and oxygen atoms in total. The lowest BCUT2D eigenvalue weighted by molar-refractivity contribution is 0.326. The van der Waals surface area contributed by atoms with Crippen LogP contribution in [0.1, 0.15) is 18.9 Å². The van der Waals surface area contributed by atoms with Crippen LogP contribution < -0.4 is 15.4 Å². The van der Waals surface area contributed by atoms with Crippen molar-refractivity contribution in [3.8, 4) is 5.88 Å². The monoisotopic (exact) mass is 287 g/mol. The first-order valence-corrected chi connectivity index (χ1v) is 7.18. The molecular formula is C15H21N5O. The zero-order valence-electron chi connectivity index (χ0n) is 12.2. The van der Waals surface area contributed by atoms with Crippen molar-refractivity contribution in [2.24, 2.45) is 0 Å². The normalized spacial score (nSPS) is 10.3. The number of hydrogen-bond acceptors (Lipinski definition) is 6. The highest BCUT2D eigenvalue weighted by Crippen LogP contribution is 2.07. The Morgan fingerprint density at radius 2 is 2.14 bits per heavy atom. The molecule has 0 aliphatic carbocycles. The molecular weight excluding hydrogens is 266 g/mol. The van der Waals surface area contributed by atoms with Crippen LogP contribution in [0.2, 0.25) is 0 Å². The molecule has 0 fully saturated rings. The summed E-state index contributed by atoms with van der Waals surface area (Å²) in [5, 5.41) is 6.56. The lowest BCUT2D eigenvalue weighted by atomic mass is 10.3. The lowest BCUT2D eigenvalue weighted by Gasteiger charge is -2.07. The van der Waals surface area contributed by atoms with Crippen molar-refractivity contribution in [2.75, 3.05) is 25.0 Å². The number of rotatable bonds is 9. The number of nitrogens with one attached hydrogen (secondary N) is 2. The van der Waals surface area contributed by atoms with Crippen LogP contribution in [-0.4, -0.2) is 34.6 Å². The summed E-state index contributed by atoms with van der Waals surface area (Å²) in [6.45, 7) is 5.12. The Morgan fingerprint density at radius 3 is 2.95 bits per heavy atom. The Bertz CT molecular complexity index is 520. The maximum absolute atomic E-state index is 5.33. The van der Waals surface area contributed by atoms with Gasteiger partial charge in [0.2, 0.25) is 11.8 Å². The molecule has 0 saturated heterocycles. The molecule has 21 heavy (non-hydrogen) atoms.